The summed E-state index contributed by atoms with van der Waals surface area (Å²) < 4.78 is 3.43. The van der Waals surface area contributed by atoms with Crippen LogP contribution in [0.2, 0.25) is 0 Å². The highest BCUT2D eigenvalue weighted by atomic mass is 32.2. The van der Waals surface area contributed by atoms with Crippen LogP contribution in [0.4, 0.5) is 0 Å². The van der Waals surface area contributed by atoms with E-state index in [1.165, 1.54) is 27.7 Å². The molecule has 0 aliphatic heterocycles. The Labute approximate surface area is 170 Å². The molecule has 2 heterocycles. The molecule has 3 aromatic rings. The maximum Gasteiger partial charge on any atom is 0.337 e. The summed E-state index contributed by atoms with van der Waals surface area (Å²) >= 11 is 2.63. The Morgan fingerprint density at radius 1 is 1.29 bits per heavy atom. The fourth-order valence-electron chi connectivity index (χ4n) is 2.73. The number of carbonyl (C=O) groups is 1. The highest BCUT2D eigenvalue weighted by molar-refractivity contribution is 8.00. The van der Waals surface area contributed by atoms with Crippen molar-refractivity contribution in [2.75, 3.05) is 6.26 Å². The molecule has 0 radical (unpaired) electrons. The maximum absolute atomic E-state index is 13.2. The lowest BCUT2D eigenvalue weighted by Crippen LogP contribution is -2.43. The number of hydrogen-bond acceptors (Lipinski definition) is 6. The van der Waals surface area contributed by atoms with Crippen molar-refractivity contribution in [1.29, 1.82) is 0 Å². The molecule has 28 heavy (non-hydrogen) atoms. The molecule has 2 aromatic heterocycles. The number of nitrogens with zero attached hydrogens (tertiary/aromatic N) is 3. The molecule has 0 bridgehead atoms. The van der Waals surface area contributed by atoms with Crippen LogP contribution in [0.3, 0.4) is 0 Å². The van der Waals surface area contributed by atoms with Crippen LogP contribution in [0.15, 0.2) is 38.2 Å². The minimum absolute atomic E-state index is 0.00103. The van der Waals surface area contributed by atoms with Crippen molar-refractivity contribution in [2.45, 2.75) is 44.1 Å². The second kappa shape index (κ2) is 8.32. The number of nitrogens with one attached hydrogen (secondary N) is 1. The fourth-order valence-corrected chi connectivity index (χ4v) is 4.23. The van der Waals surface area contributed by atoms with Gasteiger partial charge in [-0.1, -0.05) is 36.4 Å². The fraction of sp³-hybridized carbons (Fsp3) is 0.368. The Morgan fingerprint density at radius 3 is 2.57 bits per heavy atom. The van der Waals surface area contributed by atoms with Crippen molar-refractivity contribution >= 4 is 39.4 Å². The first-order valence-electron chi connectivity index (χ1n) is 8.92. The molecule has 0 spiro atoms. The predicted molar refractivity (Wildman–Crippen MR) is 114 cm³/mol. The van der Waals surface area contributed by atoms with E-state index < -0.39 is 11.2 Å². The van der Waals surface area contributed by atoms with Gasteiger partial charge in [-0.05, 0) is 38.7 Å². The second-order valence-electron chi connectivity index (χ2n) is 6.56. The lowest BCUT2D eigenvalue weighted by atomic mass is 10.2. The molecule has 1 amide bonds. The van der Waals surface area contributed by atoms with Crippen LogP contribution in [-0.4, -0.2) is 32.3 Å². The summed E-state index contributed by atoms with van der Waals surface area (Å²) in [6.07, 6.45) is 2.64. The predicted octanol–water partition coefficient (Wildman–Crippen LogP) is 2.55. The highest BCUT2D eigenvalue weighted by Crippen LogP contribution is 2.25. The summed E-state index contributed by atoms with van der Waals surface area (Å²) in [5, 5.41) is 2.86. The summed E-state index contributed by atoms with van der Waals surface area (Å²) in [5.74, 6) is -0.287. The lowest BCUT2D eigenvalue weighted by Gasteiger charge is -2.14. The molecule has 0 aliphatic rings. The van der Waals surface area contributed by atoms with Gasteiger partial charge in [-0.25, -0.2) is 14.3 Å². The quantitative estimate of drug-likeness (QED) is 0.622. The zero-order valence-electron chi connectivity index (χ0n) is 16.2. The van der Waals surface area contributed by atoms with Gasteiger partial charge in [0.25, 0.3) is 5.56 Å². The zero-order chi connectivity index (χ0) is 20.4. The van der Waals surface area contributed by atoms with Gasteiger partial charge in [0.1, 0.15) is 11.2 Å². The zero-order valence-corrected chi connectivity index (χ0v) is 17.8. The molecule has 0 saturated carbocycles. The number of thioether (sulfide) groups is 1. The molecule has 9 heteroatoms. The lowest BCUT2D eigenvalue weighted by molar-refractivity contribution is -0.122. The Morgan fingerprint density at radius 2 is 1.96 bits per heavy atom. The normalized spacial score (nSPS) is 12.3. The third-order valence-corrected chi connectivity index (χ3v) is 6.47. The van der Waals surface area contributed by atoms with Crippen molar-refractivity contribution in [3.05, 3.63) is 50.7 Å². The van der Waals surface area contributed by atoms with Crippen LogP contribution in [0, 0.1) is 6.92 Å². The Kier molecular flexibility index (Phi) is 6.04. The smallest absolute Gasteiger partial charge is 0.337 e. The summed E-state index contributed by atoms with van der Waals surface area (Å²) in [4.78, 5) is 43.1. The van der Waals surface area contributed by atoms with Gasteiger partial charge in [0.05, 0.1) is 5.69 Å². The topological polar surface area (TPSA) is 86.0 Å². The van der Waals surface area contributed by atoms with E-state index in [2.05, 4.69) is 10.3 Å². The van der Waals surface area contributed by atoms with Crippen molar-refractivity contribution < 1.29 is 4.79 Å². The van der Waals surface area contributed by atoms with E-state index in [1.807, 2.05) is 39.2 Å². The maximum atomic E-state index is 13.2. The van der Waals surface area contributed by atoms with Crippen molar-refractivity contribution in [2.24, 2.45) is 0 Å². The van der Waals surface area contributed by atoms with Crippen LogP contribution < -0.4 is 16.6 Å². The largest absolute Gasteiger partial charge is 0.352 e. The molecule has 1 atom stereocenters. The van der Waals surface area contributed by atoms with E-state index >= 15 is 0 Å². The van der Waals surface area contributed by atoms with Crippen LogP contribution in [0.1, 0.15) is 25.8 Å². The molecule has 3 rings (SSSR count). The third-order valence-electron chi connectivity index (χ3n) is 4.45. The van der Waals surface area contributed by atoms with Gasteiger partial charge in [-0.3, -0.25) is 14.2 Å². The monoisotopic (exact) mass is 418 g/mol. The molecule has 0 saturated heterocycles. The van der Waals surface area contributed by atoms with Gasteiger partial charge in [-0.15, -0.1) is 11.3 Å². The van der Waals surface area contributed by atoms with E-state index in [0.29, 0.717) is 14.7 Å². The van der Waals surface area contributed by atoms with Crippen molar-refractivity contribution in [1.82, 2.24) is 19.4 Å². The Bertz CT molecular complexity index is 1130. The van der Waals surface area contributed by atoms with E-state index in [1.54, 1.807) is 12.1 Å². The number of aryl methyl sites for hydroxylation is 1. The van der Waals surface area contributed by atoms with Gasteiger partial charge < -0.3 is 5.32 Å². The number of hydrogen-bond donors (Lipinski definition) is 1. The number of carbonyl (C=O) groups excluding carboxylic acids is 1. The Hall–Kier alpha value is -2.39. The number of rotatable bonds is 6. The second-order valence-corrected chi connectivity index (χ2v) is 8.61. The van der Waals surface area contributed by atoms with Crippen LogP contribution in [0.5, 0.6) is 0 Å². The summed E-state index contributed by atoms with van der Waals surface area (Å²) in [5.41, 5.74) is 0.761. The van der Waals surface area contributed by atoms with Gasteiger partial charge >= 0.3 is 5.69 Å². The first kappa shape index (κ1) is 20.3. The average Bonchev–Trinajstić information content (AvgIpc) is 3.11. The standard InChI is InChI=1S/C19H22N4O3S2/c1-5-12(3)20-14(24)10-22-16-15(28-18(21-16)27-4)17(25)23(19(22)26)13-8-6-11(2)7-9-13/h6-9,12H,5,10H2,1-4H3,(H,20,24)/t12-/m0/s1. The first-order valence-corrected chi connectivity index (χ1v) is 11.0. The van der Waals surface area contributed by atoms with Crippen LogP contribution >= 0.6 is 23.1 Å². The molecule has 7 nitrogen and oxygen atoms in total. The van der Waals surface area contributed by atoms with Crippen LogP contribution in [-0.2, 0) is 11.3 Å². The van der Waals surface area contributed by atoms with Gasteiger partial charge in [0.2, 0.25) is 5.91 Å². The summed E-state index contributed by atoms with van der Waals surface area (Å²) in [7, 11) is 0. The molecule has 148 valence electrons. The number of benzene rings is 1. The van der Waals surface area contributed by atoms with E-state index in [0.717, 1.165) is 16.6 Å². The molecular weight excluding hydrogens is 396 g/mol. The SMILES string of the molecule is CC[C@H](C)NC(=O)Cn1c(=O)n(-c2ccc(C)cc2)c(=O)c2sc(SC)nc21. The summed E-state index contributed by atoms with van der Waals surface area (Å²) in [6.45, 7) is 5.61. The number of aromatic nitrogens is 3. The van der Waals surface area contributed by atoms with Crippen molar-refractivity contribution in [3.8, 4) is 5.69 Å². The molecule has 0 aliphatic carbocycles. The first-order chi connectivity index (χ1) is 13.3. The molecule has 1 N–H and O–H groups in total. The Balaban J connectivity index is 2.22. The van der Waals surface area contributed by atoms with E-state index in [4.69, 9.17) is 0 Å². The van der Waals surface area contributed by atoms with Crippen LogP contribution in [0.25, 0.3) is 16.0 Å². The highest BCUT2D eigenvalue weighted by Gasteiger charge is 2.20. The molecule has 1 aromatic carbocycles. The number of thiazole rings is 1. The van der Waals surface area contributed by atoms with Crippen molar-refractivity contribution in [3.63, 3.8) is 0 Å². The number of fused-ring (bicyclic) bond motifs is 1. The summed E-state index contributed by atoms with van der Waals surface area (Å²) in [6, 6.07) is 7.13. The number of amides is 1. The van der Waals surface area contributed by atoms with Gasteiger partial charge in [0.15, 0.2) is 9.99 Å². The van der Waals surface area contributed by atoms with E-state index in [-0.39, 0.29) is 24.1 Å². The van der Waals surface area contributed by atoms with E-state index in [9.17, 15) is 14.4 Å². The molecule has 0 fully saturated rings. The van der Waals surface area contributed by atoms with Gasteiger partial charge in [-0.2, -0.15) is 0 Å². The molecular formula is C19H22N4O3S2. The minimum Gasteiger partial charge on any atom is -0.352 e. The average molecular weight is 419 g/mol. The van der Waals surface area contributed by atoms with Gasteiger partial charge in [0, 0.05) is 6.04 Å². The molecule has 0 unspecified atom stereocenters. The minimum atomic E-state index is -0.571. The third kappa shape index (κ3) is 3.90.